The zero-order valence-electron chi connectivity index (χ0n) is 13.2. The van der Waals surface area contributed by atoms with Crippen LogP contribution in [0.25, 0.3) is 11.2 Å². The molecule has 1 aliphatic rings. The van der Waals surface area contributed by atoms with E-state index in [1.54, 1.807) is 18.0 Å². The van der Waals surface area contributed by atoms with Crippen LogP contribution in [-0.4, -0.2) is 31.1 Å². The molecule has 5 nitrogen and oxygen atoms in total. The van der Waals surface area contributed by atoms with Gasteiger partial charge in [-0.25, -0.2) is 15.0 Å². The zero-order valence-corrected chi connectivity index (χ0v) is 14.0. The molecule has 0 radical (unpaired) electrons. The Morgan fingerprint density at radius 3 is 2.77 bits per heavy atom. The van der Waals surface area contributed by atoms with Crippen LogP contribution in [0.2, 0.25) is 0 Å². The van der Waals surface area contributed by atoms with Gasteiger partial charge in [0.2, 0.25) is 0 Å². The van der Waals surface area contributed by atoms with E-state index in [1.165, 1.54) is 39.0 Å². The Bertz CT molecular complexity index is 676. The zero-order chi connectivity index (χ0) is 15.5. The number of rotatable bonds is 5. The Morgan fingerprint density at radius 1 is 1.32 bits per heavy atom. The Balaban J connectivity index is 2.00. The number of fused-ring (bicyclic) bond motifs is 1. The number of carbonyl (C=O) groups is 1. The smallest absolute Gasteiger partial charge is 0.197 e. The van der Waals surface area contributed by atoms with Crippen molar-refractivity contribution in [2.45, 2.75) is 57.7 Å². The summed E-state index contributed by atoms with van der Waals surface area (Å²) in [5.74, 6) is 1.85. The molecule has 6 heteroatoms. The molecular weight excluding hydrogens is 296 g/mol. The number of imidazole rings is 1. The van der Waals surface area contributed by atoms with Crippen LogP contribution in [0.1, 0.15) is 56.6 Å². The van der Waals surface area contributed by atoms with E-state index >= 15 is 0 Å². The summed E-state index contributed by atoms with van der Waals surface area (Å²) in [5.41, 5.74) is 1.60. The molecule has 118 valence electrons. The summed E-state index contributed by atoms with van der Waals surface area (Å²) in [6, 6.07) is 0. The minimum absolute atomic E-state index is 0.1000. The van der Waals surface area contributed by atoms with Crippen LogP contribution in [0.15, 0.2) is 11.4 Å². The fourth-order valence-electron chi connectivity index (χ4n) is 3.10. The lowest BCUT2D eigenvalue weighted by atomic mass is 9.89. The van der Waals surface area contributed by atoms with Gasteiger partial charge in [-0.1, -0.05) is 37.9 Å². The summed E-state index contributed by atoms with van der Waals surface area (Å²) in [4.78, 5) is 24.8. The second-order valence-electron chi connectivity index (χ2n) is 5.90. The van der Waals surface area contributed by atoms with E-state index < -0.39 is 0 Å². The summed E-state index contributed by atoms with van der Waals surface area (Å²) in [5, 5.41) is 0.998. The molecular formula is C16H22N4OS. The lowest BCUT2D eigenvalue weighted by molar-refractivity contribution is 0.100. The topological polar surface area (TPSA) is 60.7 Å². The largest absolute Gasteiger partial charge is 0.303 e. The average molecular weight is 318 g/mol. The molecule has 3 rings (SSSR count). The fraction of sp³-hybridized carbons (Fsp3) is 0.625. The summed E-state index contributed by atoms with van der Waals surface area (Å²) in [7, 11) is 0. The van der Waals surface area contributed by atoms with Crippen LogP contribution < -0.4 is 0 Å². The molecule has 2 aromatic rings. The van der Waals surface area contributed by atoms with Gasteiger partial charge < -0.3 is 4.57 Å². The third-order valence-corrected chi connectivity index (χ3v) is 5.07. The summed E-state index contributed by atoms with van der Waals surface area (Å²) in [6.45, 7) is 4.58. The van der Waals surface area contributed by atoms with Crippen LogP contribution in [-0.2, 0) is 6.54 Å². The van der Waals surface area contributed by atoms with Crippen molar-refractivity contribution in [1.82, 2.24) is 19.5 Å². The Hall–Kier alpha value is -1.43. The van der Waals surface area contributed by atoms with Crippen molar-refractivity contribution in [2.24, 2.45) is 5.92 Å². The molecule has 2 heterocycles. The number of nitrogens with zero attached hydrogens (tertiary/aromatic N) is 4. The van der Waals surface area contributed by atoms with Crippen LogP contribution in [0.4, 0.5) is 0 Å². The lowest BCUT2D eigenvalue weighted by Crippen LogP contribution is -2.15. The fourth-order valence-corrected chi connectivity index (χ4v) is 3.84. The summed E-state index contributed by atoms with van der Waals surface area (Å²) >= 11 is 1.73. The maximum Gasteiger partial charge on any atom is 0.197 e. The second kappa shape index (κ2) is 6.77. The van der Waals surface area contributed by atoms with E-state index in [-0.39, 0.29) is 11.6 Å². The average Bonchev–Trinajstić information content (AvgIpc) is 2.86. The van der Waals surface area contributed by atoms with Crippen molar-refractivity contribution in [1.29, 1.82) is 0 Å². The minimum atomic E-state index is -0.1000. The van der Waals surface area contributed by atoms with Crippen molar-refractivity contribution in [3.05, 3.63) is 12.0 Å². The first-order valence-corrected chi connectivity index (χ1v) is 9.04. The molecule has 1 aliphatic carbocycles. The summed E-state index contributed by atoms with van der Waals surface area (Å²) < 4.78 is 2.20. The molecule has 0 unspecified atom stereocenters. The van der Waals surface area contributed by atoms with E-state index in [2.05, 4.69) is 26.4 Å². The first-order chi connectivity index (χ1) is 10.7. The number of Topliss-reactive ketones (excluding diaryl/α,β-unsaturated/α-hetero) is 1. The molecule has 0 spiro atoms. The number of ketones is 1. The maximum atomic E-state index is 11.6. The highest BCUT2D eigenvalue weighted by Crippen LogP contribution is 2.29. The molecule has 0 amide bonds. The second-order valence-corrected chi connectivity index (χ2v) is 7.13. The predicted octanol–water partition coefficient (Wildman–Crippen LogP) is 3.72. The van der Waals surface area contributed by atoms with Gasteiger partial charge in [-0.15, -0.1) is 0 Å². The van der Waals surface area contributed by atoms with Crippen LogP contribution in [0, 0.1) is 5.92 Å². The lowest BCUT2D eigenvalue weighted by Gasteiger charge is -2.22. The van der Waals surface area contributed by atoms with Crippen molar-refractivity contribution in [3.8, 4) is 0 Å². The predicted molar refractivity (Wildman–Crippen MR) is 88.3 cm³/mol. The molecule has 0 atom stereocenters. The summed E-state index contributed by atoms with van der Waals surface area (Å²) in [6.07, 6.45) is 8.23. The van der Waals surface area contributed by atoms with Gasteiger partial charge in [0.25, 0.3) is 0 Å². The van der Waals surface area contributed by atoms with Crippen LogP contribution in [0.5, 0.6) is 0 Å². The van der Waals surface area contributed by atoms with Gasteiger partial charge in [-0.2, -0.15) is 0 Å². The number of thioether (sulfide) groups is 1. The van der Waals surface area contributed by atoms with E-state index in [1.807, 2.05) is 0 Å². The van der Waals surface area contributed by atoms with E-state index in [0.29, 0.717) is 5.92 Å². The van der Waals surface area contributed by atoms with E-state index in [0.717, 1.165) is 28.6 Å². The number of aromatic nitrogens is 4. The number of hydrogen-bond acceptors (Lipinski definition) is 5. The molecule has 0 bridgehead atoms. The van der Waals surface area contributed by atoms with Gasteiger partial charge in [0.1, 0.15) is 5.52 Å². The highest BCUT2D eigenvalue weighted by molar-refractivity contribution is 7.99. The van der Waals surface area contributed by atoms with Crippen LogP contribution >= 0.6 is 11.8 Å². The van der Waals surface area contributed by atoms with Crippen LogP contribution in [0.3, 0.4) is 0 Å². The quantitative estimate of drug-likeness (QED) is 0.621. The number of hydrogen-bond donors (Lipinski definition) is 0. The van der Waals surface area contributed by atoms with E-state index in [4.69, 9.17) is 0 Å². The monoisotopic (exact) mass is 318 g/mol. The Morgan fingerprint density at radius 2 is 2.09 bits per heavy atom. The first kappa shape index (κ1) is 15.5. The highest BCUT2D eigenvalue weighted by atomic mass is 32.2. The third kappa shape index (κ3) is 3.16. The van der Waals surface area contributed by atoms with E-state index in [9.17, 15) is 4.79 Å². The minimum Gasteiger partial charge on any atom is -0.303 e. The molecule has 1 saturated carbocycles. The molecule has 0 aromatic carbocycles. The standard InChI is InChI=1S/C16H22N4OS/c1-3-22-16-18-13-9-17-14(11(2)21)19-15(13)20(16)10-12-7-5-4-6-8-12/h9,12H,3-8,10H2,1-2H3. The Kier molecular flexibility index (Phi) is 4.76. The molecule has 2 aromatic heterocycles. The Labute approximate surface area is 134 Å². The number of carbonyl (C=O) groups excluding carboxylic acids is 1. The van der Waals surface area contributed by atoms with Gasteiger partial charge in [0.15, 0.2) is 22.4 Å². The molecule has 1 fully saturated rings. The highest BCUT2D eigenvalue weighted by Gasteiger charge is 2.20. The molecule has 0 aliphatic heterocycles. The normalized spacial score (nSPS) is 16.3. The molecule has 0 N–H and O–H groups in total. The SMILES string of the molecule is CCSc1nc2cnc(C(C)=O)nc2n1CC1CCCCC1. The van der Waals surface area contributed by atoms with Gasteiger partial charge in [0.05, 0.1) is 6.20 Å². The molecule has 0 saturated heterocycles. The maximum absolute atomic E-state index is 11.6. The first-order valence-electron chi connectivity index (χ1n) is 8.06. The molecule has 22 heavy (non-hydrogen) atoms. The van der Waals surface area contributed by atoms with Gasteiger partial charge in [-0.05, 0) is 24.5 Å². The third-order valence-electron chi connectivity index (χ3n) is 4.21. The van der Waals surface area contributed by atoms with Gasteiger partial charge in [0, 0.05) is 13.5 Å². The van der Waals surface area contributed by atoms with Crippen molar-refractivity contribution < 1.29 is 4.79 Å². The van der Waals surface area contributed by atoms with Gasteiger partial charge in [-0.3, -0.25) is 4.79 Å². The van der Waals surface area contributed by atoms with Crippen molar-refractivity contribution in [3.63, 3.8) is 0 Å². The van der Waals surface area contributed by atoms with Crippen molar-refractivity contribution >= 4 is 28.7 Å². The van der Waals surface area contributed by atoms with Gasteiger partial charge >= 0.3 is 0 Å². The van der Waals surface area contributed by atoms with Crippen molar-refractivity contribution in [2.75, 3.05) is 5.75 Å².